The number of hydrogen-bond donors (Lipinski definition) is 2. The zero-order chi connectivity index (χ0) is 13.1. The van der Waals surface area contributed by atoms with Crippen molar-refractivity contribution in [2.75, 3.05) is 6.54 Å². The summed E-state index contributed by atoms with van der Waals surface area (Å²) in [5, 5.41) is 11.7. The van der Waals surface area contributed by atoms with Gasteiger partial charge in [-0.3, -0.25) is 9.59 Å². The van der Waals surface area contributed by atoms with E-state index in [0.29, 0.717) is 5.56 Å². The normalized spacial score (nSPS) is 13.8. The molecule has 17 heavy (non-hydrogen) atoms. The molecular formula is C12H14FNO3. The average molecular weight is 239 g/mol. The van der Waals surface area contributed by atoms with E-state index in [9.17, 15) is 19.1 Å². The van der Waals surface area contributed by atoms with Gasteiger partial charge in [0.25, 0.3) is 0 Å². The van der Waals surface area contributed by atoms with E-state index < -0.39 is 17.2 Å². The first-order chi connectivity index (χ1) is 7.86. The van der Waals surface area contributed by atoms with Gasteiger partial charge in [-0.15, -0.1) is 0 Å². The molecule has 1 rings (SSSR count). The molecule has 1 unspecified atom stereocenters. The molecule has 1 aromatic rings. The maximum atomic E-state index is 12.8. The van der Waals surface area contributed by atoms with E-state index in [-0.39, 0.29) is 12.5 Å². The molecule has 0 fully saturated rings. The number of halogens is 1. The summed E-state index contributed by atoms with van der Waals surface area (Å²) < 4.78 is 12.8. The summed E-state index contributed by atoms with van der Waals surface area (Å²) >= 11 is 0. The van der Waals surface area contributed by atoms with Crippen LogP contribution in [0.25, 0.3) is 0 Å². The van der Waals surface area contributed by atoms with E-state index in [1.165, 1.54) is 38.1 Å². The van der Waals surface area contributed by atoms with Crippen molar-refractivity contribution in [2.24, 2.45) is 0 Å². The highest BCUT2D eigenvalue weighted by Crippen LogP contribution is 2.23. The lowest BCUT2D eigenvalue weighted by Crippen LogP contribution is -2.43. The minimum absolute atomic E-state index is 0.0384. The molecule has 0 saturated carbocycles. The first-order valence-corrected chi connectivity index (χ1v) is 5.10. The number of carboxylic acid groups (broad SMARTS) is 1. The van der Waals surface area contributed by atoms with Crippen LogP contribution < -0.4 is 5.32 Å². The van der Waals surface area contributed by atoms with Crippen LogP contribution in [0.4, 0.5) is 4.39 Å². The molecule has 0 spiro atoms. The van der Waals surface area contributed by atoms with Crippen LogP contribution in [0.15, 0.2) is 24.3 Å². The van der Waals surface area contributed by atoms with Crippen LogP contribution in [0.5, 0.6) is 0 Å². The predicted molar refractivity (Wildman–Crippen MR) is 60.1 cm³/mol. The van der Waals surface area contributed by atoms with Crippen molar-refractivity contribution in [3.05, 3.63) is 35.6 Å². The predicted octanol–water partition coefficient (Wildman–Crippen LogP) is 1.30. The number of hydrogen-bond acceptors (Lipinski definition) is 2. The monoisotopic (exact) mass is 239 g/mol. The SMILES string of the molecule is CC(=O)NCC(C)(C(=O)O)c1ccc(F)cc1. The zero-order valence-corrected chi connectivity index (χ0v) is 9.66. The maximum Gasteiger partial charge on any atom is 0.315 e. The minimum atomic E-state index is -1.26. The summed E-state index contributed by atoms with van der Waals surface area (Å²) in [6.45, 7) is 2.76. The van der Waals surface area contributed by atoms with Gasteiger partial charge in [-0.05, 0) is 24.6 Å². The summed E-state index contributed by atoms with van der Waals surface area (Å²) in [5.41, 5.74) is -0.820. The van der Waals surface area contributed by atoms with Gasteiger partial charge in [-0.2, -0.15) is 0 Å². The van der Waals surface area contributed by atoms with Crippen molar-refractivity contribution in [1.82, 2.24) is 5.32 Å². The van der Waals surface area contributed by atoms with E-state index in [4.69, 9.17) is 0 Å². The van der Waals surface area contributed by atoms with Crippen LogP contribution >= 0.6 is 0 Å². The molecule has 0 aromatic heterocycles. The lowest BCUT2D eigenvalue weighted by molar-refractivity contribution is -0.143. The Morgan fingerprint density at radius 3 is 2.29 bits per heavy atom. The van der Waals surface area contributed by atoms with Crippen LogP contribution in [-0.4, -0.2) is 23.5 Å². The Morgan fingerprint density at radius 2 is 1.88 bits per heavy atom. The molecule has 5 heteroatoms. The Labute approximate surface area is 98.5 Å². The Kier molecular flexibility index (Phi) is 3.83. The third-order valence-electron chi connectivity index (χ3n) is 2.64. The molecule has 0 aliphatic heterocycles. The highest BCUT2D eigenvalue weighted by Gasteiger charge is 2.35. The first-order valence-electron chi connectivity index (χ1n) is 5.10. The van der Waals surface area contributed by atoms with Crippen LogP contribution in [0.3, 0.4) is 0 Å². The first kappa shape index (κ1) is 13.2. The lowest BCUT2D eigenvalue weighted by Gasteiger charge is -2.25. The van der Waals surface area contributed by atoms with Gasteiger partial charge in [0.2, 0.25) is 5.91 Å². The van der Waals surface area contributed by atoms with Crippen LogP contribution in [0, 0.1) is 5.82 Å². The number of nitrogens with one attached hydrogen (secondary N) is 1. The lowest BCUT2D eigenvalue weighted by atomic mass is 9.82. The average Bonchev–Trinajstić information content (AvgIpc) is 2.26. The molecule has 0 saturated heterocycles. The van der Waals surface area contributed by atoms with Gasteiger partial charge >= 0.3 is 5.97 Å². The number of benzene rings is 1. The Morgan fingerprint density at radius 1 is 1.35 bits per heavy atom. The number of carboxylic acids is 1. The Bertz CT molecular complexity index is 430. The summed E-state index contributed by atoms with van der Waals surface area (Å²) in [5.74, 6) is -1.81. The van der Waals surface area contributed by atoms with Gasteiger partial charge in [-0.1, -0.05) is 12.1 Å². The standard InChI is InChI=1S/C12H14FNO3/c1-8(15)14-7-12(2,11(16)17)9-3-5-10(13)6-4-9/h3-6H,7H2,1-2H3,(H,14,15)(H,16,17). The third kappa shape index (κ3) is 3.03. The molecule has 0 radical (unpaired) electrons. The largest absolute Gasteiger partial charge is 0.481 e. The maximum absolute atomic E-state index is 12.8. The van der Waals surface area contributed by atoms with Crippen molar-refractivity contribution in [1.29, 1.82) is 0 Å². The molecule has 4 nitrogen and oxygen atoms in total. The number of rotatable bonds is 4. The summed E-state index contributed by atoms with van der Waals surface area (Å²) in [6, 6.07) is 5.21. The van der Waals surface area contributed by atoms with Crippen molar-refractivity contribution in [3.63, 3.8) is 0 Å². The topological polar surface area (TPSA) is 66.4 Å². The fourth-order valence-corrected chi connectivity index (χ4v) is 1.42. The van der Waals surface area contributed by atoms with E-state index in [2.05, 4.69) is 5.32 Å². The number of amides is 1. The fourth-order valence-electron chi connectivity index (χ4n) is 1.42. The molecule has 2 N–H and O–H groups in total. The van der Waals surface area contributed by atoms with E-state index in [1.807, 2.05) is 0 Å². The second kappa shape index (κ2) is 4.95. The molecule has 0 heterocycles. The third-order valence-corrected chi connectivity index (χ3v) is 2.64. The quantitative estimate of drug-likeness (QED) is 0.832. The second-order valence-electron chi connectivity index (χ2n) is 4.05. The van der Waals surface area contributed by atoms with Gasteiger partial charge in [0.15, 0.2) is 0 Å². The summed E-state index contributed by atoms with van der Waals surface area (Å²) in [6.07, 6.45) is 0. The molecule has 0 aliphatic rings. The van der Waals surface area contributed by atoms with Gasteiger partial charge in [0.05, 0.1) is 0 Å². The van der Waals surface area contributed by atoms with E-state index in [0.717, 1.165) is 0 Å². The zero-order valence-electron chi connectivity index (χ0n) is 9.66. The molecule has 1 atom stereocenters. The van der Waals surface area contributed by atoms with Gasteiger partial charge in [-0.25, -0.2) is 4.39 Å². The van der Waals surface area contributed by atoms with Gasteiger partial charge in [0.1, 0.15) is 11.2 Å². The number of carbonyl (C=O) groups is 2. The summed E-state index contributed by atoms with van der Waals surface area (Å²) in [7, 11) is 0. The highest BCUT2D eigenvalue weighted by atomic mass is 19.1. The van der Waals surface area contributed by atoms with Gasteiger partial charge in [0, 0.05) is 13.5 Å². The van der Waals surface area contributed by atoms with E-state index in [1.54, 1.807) is 0 Å². The molecule has 0 bridgehead atoms. The van der Waals surface area contributed by atoms with Crippen molar-refractivity contribution in [2.45, 2.75) is 19.3 Å². The molecule has 0 aliphatic carbocycles. The molecular weight excluding hydrogens is 225 g/mol. The van der Waals surface area contributed by atoms with Crippen LogP contribution in [0.1, 0.15) is 19.4 Å². The fraction of sp³-hybridized carbons (Fsp3) is 0.333. The number of carbonyl (C=O) groups excluding carboxylic acids is 1. The number of aliphatic carboxylic acids is 1. The summed E-state index contributed by atoms with van der Waals surface area (Å²) in [4.78, 5) is 22.1. The van der Waals surface area contributed by atoms with Crippen LogP contribution in [0.2, 0.25) is 0 Å². The van der Waals surface area contributed by atoms with Crippen molar-refractivity contribution >= 4 is 11.9 Å². The Hall–Kier alpha value is -1.91. The van der Waals surface area contributed by atoms with E-state index >= 15 is 0 Å². The molecule has 92 valence electrons. The highest BCUT2D eigenvalue weighted by molar-refractivity contribution is 5.82. The molecule has 1 amide bonds. The van der Waals surface area contributed by atoms with Crippen molar-refractivity contribution < 1.29 is 19.1 Å². The minimum Gasteiger partial charge on any atom is -0.481 e. The van der Waals surface area contributed by atoms with Crippen molar-refractivity contribution in [3.8, 4) is 0 Å². The van der Waals surface area contributed by atoms with Crippen LogP contribution in [-0.2, 0) is 15.0 Å². The molecule has 1 aromatic carbocycles. The second-order valence-corrected chi connectivity index (χ2v) is 4.05. The van der Waals surface area contributed by atoms with Gasteiger partial charge < -0.3 is 10.4 Å². The smallest absolute Gasteiger partial charge is 0.315 e. The Balaban J connectivity index is 3.02.